The Kier molecular flexibility index (Phi) is 6.68. The molecule has 0 unspecified atom stereocenters. The maximum Gasteiger partial charge on any atom is 0.273 e. The van der Waals surface area contributed by atoms with Gasteiger partial charge in [0.2, 0.25) is 0 Å². The minimum Gasteiger partial charge on any atom is -0.484 e. The number of benzene rings is 1. The smallest absolute Gasteiger partial charge is 0.273 e. The Labute approximate surface area is 165 Å². The molecule has 7 heteroatoms. The lowest BCUT2D eigenvalue weighted by molar-refractivity contribution is -0.134. The van der Waals surface area contributed by atoms with E-state index in [4.69, 9.17) is 9.26 Å². The van der Waals surface area contributed by atoms with Gasteiger partial charge in [0.25, 0.3) is 11.8 Å². The largest absolute Gasteiger partial charge is 0.484 e. The van der Waals surface area contributed by atoms with Gasteiger partial charge in [0.1, 0.15) is 5.75 Å². The number of ether oxygens (including phenoxy) is 1. The van der Waals surface area contributed by atoms with Crippen LogP contribution in [-0.4, -0.2) is 41.6 Å². The SMILES string of the molecule is CC(C)CN(Cc1cc(C(=O)NCC2CC2)no1)C(=O)COc1ccccc1. The fraction of sp³-hybridized carbons (Fsp3) is 0.476. The first-order valence-electron chi connectivity index (χ1n) is 9.70. The van der Waals surface area contributed by atoms with Gasteiger partial charge in [-0.15, -0.1) is 0 Å². The van der Waals surface area contributed by atoms with E-state index in [0.717, 1.165) is 0 Å². The highest BCUT2D eigenvalue weighted by atomic mass is 16.5. The van der Waals surface area contributed by atoms with E-state index in [0.29, 0.717) is 30.5 Å². The fourth-order valence-corrected chi connectivity index (χ4v) is 2.78. The van der Waals surface area contributed by atoms with E-state index in [1.807, 2.05) is 44.2 Å². The molecule has 150 valence electrons. The predicted octanol–water partition coefficient (Wildman–Crippen LogP) is 2.88. The monoisotopic (exact) mass is 385 g/mol. The highest BCUT2D eigenvalue weighted by molar-refractivity contribution is 5.92. The number of carbonyl (C=O) groups is 2. The second kappa shape index (κ2) is 9.39. The topological polar surface area (TPSA) is 84.7 Å². The minimum atomic E-state index is -0.240. The summed E-state index contributed by atoms with van der Waals surface area (Å²) in [6, 6.07) is 10.8. The van der Waals surface area contributed by atoms with Crippen molar-refractivity contribution < 1.29 is 18.8 Å². The van der Waals surface area contributed by atoms with Crippen LogP contribution in [0.5, 0.6) is 5.75 Å². The summed E-state index contributed by atoms with van der Waals surface area (Å²) in [7, 11) is 0. The van der Waals surface area contributed by atoms with Crippen LogP contribution in [-0.2, 0) is 11.3 Å². The lowest BCUT2D eigenvalue weighted by Gasteiger charge is -2.23. The van der Waals surface area contributed by atoms with E-state index in [-0.39, 0.29) is 36.6 Å². The van der Waals surface area contributed by atoms with Gasteiger partial charge in [0.05, 0.1) is 6.54 Å². The summed E-state index contributed by atoms with van der Waals surface area (Å²) < 4.78 is 10.9. The molecule has 3 rings (SSSR count). The third kappa shape index (κ3) is 6.11. The molecular formula is C21H27N3O4. The Bertz CT molecular complexity index is 784. The summed E-state index contributed by atoms with van der Waals surface area (Å²) >= 11 is 0. The molecule has 0 aliphatic heterocycles. The summed E-state index contributed by atoms with van der Waals surface area (Å²) in [4.78, 5) is 26.4. The van der Waals surface area contributed by atoms with Gasteiger partial charge in [0.15, 0.2) is 18.1 Å². The standard InChI is InChI=1S/C21H27N3O4/c1-15(2)12-24(20(25)14-27-17-6-4-3-5-7-17)13-18-10-19(23-28-18)21(26)22-11-16-8-9-16/h3-7,10,15-16H,8-9,11-14H2,1-2H3,(H,22,26). The molecule has 28 heavy (non-hydrogen) atoms. The first kappa shape index (κ1) is 19.9. The van der Waals surface area contributed by atoms with Crippen LogP contribution >= 0.6 is 0 Å². The average molecular weight is 385 g/mol. The van der Waals surface area contributed by atoms with Crippen molar-refractivity contribution in [1.82, 2.24) is 15.4 Å². The third-order valence-corrected chi connectivity index (χ3v) is 4.43. The van der Waals surface area contributed by atoms with Gasteiger partial charge in [-0.25, -0.2) is 0 Å². The molecule has 1 aliphatic rings. The number of rotatable bonds is 10. The average Bonchev–Trinajstić information content (AvgIpc) is 3.40. The van der Waals surface area contributed by atoms with E-state index in [1.165, 1.54) is 12.8 Å². The zero-order valence-electron chi connectivity index (χ0n) is 16.4. The number of nitrogens with zero attached hydrogens (tertiary/aromatic N) is 2. The number of nitrogens with one attached hydrogen (secondary N) is 1. The van der Waals surface area contributed by atoms with Crippen molar-refractivity contribution in [1.29, 1.82) is 0 Å². The molecule has 0 bridgehead atoms. The molecular weight excluding hydrogens is 358 g/mol. The van der Waals surface area contributed by atoms with E-state index in [1.54, 1.807) is 11.0 Å². The van der Waals surface area contributed by atoms with Crippen molar-refractivity contribution in [2.45, 2.75) is 33.2 Å². The van der Waals surface area contributed by atoms with Gasteiger partial charge < -0.3 is 19.5 Å². The molecule has 1 N–H and O–H groups in total. The van der Waals surface area contributed by atoms with Crippen LogP contribution in [0.4, 0.5) is 0 Å². The molecule has 2 aromatic rings. The van der Waals surface area contributed by atoms with Crippen molar-refractivity contribution in [3.05, 3.63) is 47.9 Å². The van der Waals surface area contributed by atoms with Crippen molar-refractivity contribution in [3.8, 4) is 5.75 Å². The molecule has 1 aromatic carbocycles. The highest BCUT2D eigenvalue weighted by Gasteiger charge is 2.23. The first-order chi connectivity index (χ1) is 13.5. The molecule has 1 saturated carbocycles. The number of carbonyl (C=O) groups excluding carboxylic acids is 2. The Morgan fingerprint density at radius 3 is 2.71 bits per heavy atom. The summed E-state index contributed by atoms with van der Waals surface area (Å²) in [6.07, 6.45) is 2.34. The quantitative estimate of drug-likeness (QED) is 0.680. The molecule has 0 spiro atoms. The van der Waals surface area contributed by atoms with Gasteiger partial charge >= 0.3 is 0 Å². The summed E-state index contributed by atoms with van der Waals surface area (Å²) in [5.74, 6) is 1.62. The molecule has 0 saturated heterocycles. The van der Waals surface area contributed by atoms with Crippen LogP contribution in [0.15, 0.2) is 40.9 Å². The van der Waals surface area contributed by atoms with Crippen molar-refractivity contribution in [2.75, 3.05) is 19.7 Å². The van der Waals surface area contributed by atoms with Crippen LogP contribution in [0.25, 0.3) is 0 Å². The van der Waals surface area contributed by atoms with Crippen LogP contribution in [0, 0.1) is 11.8 Å². The maximum absolute atomic E-state index is 12.6. The molecule has 0 atom stereocenters. The number of para-hydroxylation sites is 1. The zero-order chi connectivity index (χ0) is 19.9. The lowest BCUT2D eigenvalue weighted by atomic mass is 10.2. The van der Waals surface area contributed by atoms with E-state index >= 15 is 0 Å². The summed E-state index contributed by atoms with van der Waals surface area (Å²) in [6.45, 7) is 5.50. The van der Waals surface area contributed by atoms with Crippen molar-refractivity contribution in [2.24, 2.45) is 11.8 Å². The van der Waals surface area contributed by atoms with Crippen LogP contribution < -0.4 is 10.1 Å². The van der Waals surface area contributed by atoms with E-state index in [2.05, 4.69) is 10.5 Å². The fourth-order valence-electron chi connectivity index (χ4n) is 2.78. The molecule has 7 nitrogen and oxygen atoms in total. The van der Waals surface area contributed by atoms with E-state index in [9.17, 15) is 9.59 Å². The van der Waals surface area contributed by atoms with Gasteiger partial charge in [-0.3, -0.25) is 9.59 Å². The number of hydrogen-bond acceptors (Lipinski definition) is 5. The molecule has 2 amide bonds. The van der Waals surface area contributed by atoms with Crippen molar-refractivity contribution in [3.63, 3.8) is 0 Å². The van der Waals surface area contributed by atoms with Gasteiger partial charge in [-0.2, -0.15) is 0 Å². The molecule has 1 heterocycles. The Morgan fingerprint density at radius 1 is 1.29 bits per heavy atom. The predicted molar refractivity (Wildman–Crippen MR) is 104 cm³/mol. The van der Waals surface area contributed by atoms with Gasteiger partial charge in [-0.1, -0.05) is 37.2 Å². The normalized spacial score (nSPS) is 13.4. The van der Waals surface area contributed by atoms with Gasteiger partial charge in [-0.05, 0) is 36.8 Å². The van der Waals surface area contributed by atoms with E-state index < -0.39 is 0 Å². The highest BCUT2D eigenvalue weighted by Crippen LogP contribution is 2.27. The van der Waals surface area contributed by atoms with Crippen LogP contribution in [0.1, 0.15) is 42.9 Å². The second-order valence-corrected chi connectivity index (χ2v) is 7.60. The number of aromatic nitrogens is 1. The number of hydrogen-bond donors (Lipinski definition) is 1. The third-order valence-electron chi connectivity index (χ3n) is 4.43. The van der Waals surface area contributed by atoms with Crippen LogP contribution in [0.2, 0.25) is 0 Å². The summed E-state index contributed by atoms with van der Waals surface area (Å²) in [5.41, 5.74) is 0.244. The Balaban J connectivity index is 1.56. The zero-order valence-corrected chi connectivity index (χ0v) is 16.4. The maximum atomic E-state index is 12.6. The molecule has 1 aromatic heterocycles. The molecule has 0 radical (unpaired) electrons. The number of amides is 2. The minimum absolute atomic E-state index is 0.0560. The Morgan fingerprint density at radius 2 is 2.04 bits per heavy atom. The lowest BCUT2D eigenvalue weighted by Crippen LogP contribution is -2.37. The summed E-state index contributed by atoms with van der Waals surface area (Å²) in [5, 5.41) is 6.70. The first-order valence-corrected chi connectivity index (χ1v) is 9.70. The van der Waals surface area contributed by atoms with Crippen molar-refractivity contribution >= 4 is 11.8 Å². The van der Waals surface area contributed by atoms with Crippen LogP contribution in [0.3, 0.4) is 0 Å². The molecule has 1 aliphatic carbocycles. The molecule has 1 fully saturated rings. The van der Waals surface area contributed by atoms with Gasteiger partial charge in [0, 0.05) is 19.2 Å². The Hall–Kier alpha value is -2.83. The second-order valence-electron chi connectivity index (χ2n) is 7.60.